The lowest BCUT2D eigenvalue weighted by molar-refractivity contribution is -0.140. The van der Waals surface area contributed by atoms with E-state index < -0.39 is 5.97 Å². The molecule has 4 nitrogen and oxygen atoms in total. The summed E-state index contributed by atoms with van der Waals surface area (Å²) in [7, 11) is 0. The molecule has 5 heteroatoms. The summed E-state index contributed by atoms with van der Waals surface area (Å²) in [5, 5.41) is 0. The number of ether oxygens (including phenoxy) is 1. The van der Waals surface area contributed by atoms with E-state index in [1.54, 1.807) is 11.8 Å². The molecule has 0 bridgehead atoms. The summed E-state index contributed by atoms with van der Waals surface area (Å²) < 4.78 is 5.06. The highest BCUT2D eigenvalue weighted by Crippen LogP contribution is 2.01. The Morgan fingerprint density at radius 3 is 2.72 bits per heavy atom. The topological polar surface area (TPSA) is 62.7 Å². The molecule has 0 aliphatic heterocycles. The van der Waals surface area contributed by atoms with Gasteiger partial charge in [-0.05, 0) is 11.8 Å². The molecular weight excluding hydrogens is 248 g/mol. The summed E-state index contributed by atoms with van der Waals surface area (Å²) in [5.74, 6) is 0.190. The minimum atomic E-state index is -0.539. The molecular formula is C13H16N2O2S. The molecule has 0 unspecified atom stereocenters. The highest BCUT2D eigenvalue weighted by Gasteiger charge is 2.20. The number of hydrogen-bond acceptors (Lipinski definition) is 3. The number of thioether (sulfide) groups is 1. The second-order valence-electron chi connectivity index (χ2n) is 3.66. The van der Waals surface area contributed by atoms with Gasteiger partial charge >= 0.3 is 11.7 Å². The zero-order valence-electron chi connectivity index (χ0n) is 10.3. The summed E-state index contributed by atoms with van der Waals surface area (Å²) in [6.45, 7) is 0.293. The van der Waals surface area contributed by atoms with Crippen molar-refractivity contribution in [2.24, 2.45) is 0 Å². The van der Waals surface area contributed by atoms with Crippen molar-refractivity contribution >= 4 is 23.4 Å². The van der Waals surface area contributed by atoms with Gasteiger partial charge in [0.15, 0.2) is 0 Å². The first-order valence-electron chi connectivity index (χ1n) is 5.69. The molecule has 0 N–H and O–H groups in total. The molecule has 0 radical (unpaired) electrons. The lowest BCUT2D eigenvalue weighted by Gasteiger charge is -2.02. The summed E-state index contributed by atoms with van der Waals surface area (Å²) in [6, 6.07) is 9.77. The van der Waals surface area contributed by atoms with Crippen LogP contribution in [0.15, 0.2) is 30.3 Å². The molecule has 1 rings (SSSR count). The maximum atomic E-state index is 11.5. The molecule has 0 heterocycles. The van der Waals surface area contributed by atoms with Crippen LogP contribution in [0.1, 0.15) is 12.0 Å². The minimum Gasteiger partial charge on any atom is -0.457 e. The van der Waals surface area contributed by atoms with Gasteiger partial charge in [0.2, 0.25) is 0 Å². The number of carbonyl (C=O) groups excluding carboxylic acids is 1. The number of nitrogens with zero attached hydrogens (tertiary/aromatic N) is 2. The minimum absolute atomic E-state index is 0.0809. The van der Waals surface area contributed by atoms with Gasteiger partial charge in [0, 0.05) is 12.2 Å². The number of rotatable bonds is 7. The molecule has 0 aromatic heterocycles. The fourth-order valence-electron chi connectivity index (χ4n) is 1.38. The van der Waals surface area contributed by atoms with E-state index in [0.717, 1.165) is 11.3 Å². The van der Waals surface area contributed by atoms with E-state index in [9.17, 15) is 4.79 Å². The molecule has 0 saturated carbocycles. The Labute approximate surface area is 111 Å². The van der Waals surface area contributed by atoms with Gasteiger partial charge < -0.3 is 10.3 Å². The molecule has 0 amide bonds. The van der Waals surface area contributed by atoms with E-state index in [4.69, 9.17) is 10.3 Å². The quantitative estimate of drug-likeness (QED) is 0.328. The van der Waals surface area contributed by atoms with Gasteiger partial charge in [0.25, 0.3) is 0 Å². The first kappa shape index (κ1) is 14.5. The number of hydrogen-bond donors (Lipinski definition) is 0. The summed E-state index contributed by atoms with van der Waals surface area (Å²) >= 11 is 1.58. The molecule has 0 atom stereocenters. The van der Waals surface area contributed by atoms with Gasteiger partial charge in [0.05, 0.1) is 13.0 Å². The second kappa shape index (κ2) is 8.50. The summed E-state index contributed by atoms with van der Waals surface area (Å²) in [6.07, 6.45) is 3.01. The van der Waals surface area contributed by atoms with E-state index in [1.807, 2.05) is 36.6 Å². The molecule has 0 aliphatic rings. The van der Waals surface area contributed by atoms with Crippen LogP contribution in [0.2, 0.25) is 0 Å². The molecule has 0 spiro atoms. The largest absolute Gasteiger partial charge is 0.457 e. The van der Waals surface area contributed by atoms with Crippen molar-refractivity contribution in [2.75, 3.05) is 18.6 Å². The fraction of sp³-hybridized carbons (Fsp3) is 0.385. The first-order valence-corrected chi connectivity index (χ1v) is 7.08. The molecule has 1 aromatic rings. The van der Waals surface area contributed by atoms with E-state index >= 15 is 0 Å². The normalized spacial score (nSPS) is 9.61. The van der Waals surface area contributed by atoms with Crippen LogP contribution in [0.5, 0.6) is 0 Å². The smallest absolute Gasteiger partial charge is 0.416 e. The Kier molecular flexibility index (Phi) is 6.84. The number of carbonyl (C=O) groups is 1. The molecule has 96 valence electrons. The van der Waals surface area contributed by atoms with Crippen LogP contribution >= 0.6 is 11.8 Å². The Morgan fingerprint density at radius 2 is 2.11 bits per heavy atom. The van der Waals surface area contributed by atoms with Gasteiger partial charge in [-0.25, -0.2) is 4.79 Å². The zero-order valence-corrected chi connectivity index (χ0v) is 11.2. The third kappa shape index (κ3) is 5.17. The van der Waals surface area contributed by atoms with Crippen molar-refractivity contribution in [2.45, 2.75) is 12.8 Å². The van der Waals surface area contributed by atoms with Crippen molar-refractivity contribution in [3.8, 4) is 0 Å². The van der Waals surface area contributed by atoms with Crippen molar-refractivity contribution < 1.29 is 14.3 Å². The Hall–Kier alpha value is -1.58. The van der Waals surface area contributed by atoms with Gasteiger partial charge in [-0.1, -0.05) is 30.3 Å². The van der Waals surface area contributed by atoms with Crippen molar-refractivity contribution in [1.82, 2.24) is 0 Å². The van der Waals surface area contributed by atoms with Crippen molar-refractivity contribution in [3.63, 3.8) is 0 Å². The molecule has 0 fully saturated rings. The summed E-state index contributed by atoms with van der Waals surface area (Å²) in [4.78, 5) is 14.5. The van der Waals surface area contributed by atoms with Crippen LogP contribution in [-0.4, -0.2) is 35.1 Å². The van der Waals surface area contributed by atoms with Gasteiger partial charge in [-0.3, -0.25) is 0 Å². The maximum Gasteiger partial charge on any atom is 0.416 e. The van der Waals surface area contributed by atoms with E-state index in [1.165, 1.54) is 0 Å². The van der Waals surface area contributed by atoms with E-state index in [-0.39, 0.29) is 5.71 Å². The highest BCUT2D eigenvalue weighted by atomic mass is 32.2. The van der Waals surface area contributed by atoms with Gasteiger partial charge in [0.1, 0.15) is 0 Å². The fourth-order valence-corrected chi connectivity index (χ4v) is 1.78. The third-order valence-corrected chi connectivity index (χ3v) is 2.98. The van der Waals surface area contributed by atoms with Crippen LogP contribution in [0.3, 0.4) is 0 Å². The van der Waals surface area contributed by atoms with Crippen LogP contribution < -0.4 is 0 Å². The lowest BCUT2D eigenvalue weighted by atomic mass is 10.2. The van der Waals surface area contributed by atoms with E-state index in [2.05, 4.69) is 4.79 Å². The van der Waals surface area contributed by atoms with Crippen LogP contribution in [0, 0.1) is 0 Å². The Bertz CT molecular complexity index is 428. The number of benzene rings is 1. The monoisotopic (exact) mass is 264 g/mol. The molecule has 0 saturated heterocycles. The Morgan fingerprint density at radius 1 is 1.39 bits per heavy atom. The predicted molar refractivity (Wildman–Crippen MR) is 72.7 cm³/mol. The average Bonchev–Trinajstić information content (AvgIpc) is 2.41. The van der Waals surface area contributed by atoms with Crippen LogP contribution in [-0.2, 0) is 16.0 Å². The van der Waals surface area contributed by atoms with Gasteiger partial charge in [-0.2, -0.15) is 16.6 Å². The zero-order chi connectivity index (χ0) is 13.2. The van der Waals surface area contributed by atoms with Gasteiger partial charge in [-0.15, -0.1) is 0 Å². The standard InChI is InChI=1S/C13H16N2O2S/c1-18-10-8-12(15-14)13(16)17-9-7-11-5-3-2-4-6-11/h2-6H,7-10H2,1H3. The van der Waals surface area contributed by atoms with Crippen molar-refractivity contribution in [3.05, 3.63) is 41.4 Å². The van der Waals surface area contributed by atoms with Crippen LogP contribution in [0.4, 0.5) is 0 Å². The highest BCUT2D eigenvalue weighted by molar-refractivity contribution is 7.98. The molecule has 1 aromatic carbocycles. The predicted octanol–water partition coefficient (Wildman–Crippen LogP) is 2.20. The third-order valence-electron chi connectivity index (χ3n) is 2.37. The summed E-state index contributed by atoms with van der Waals surface area (Å²) in [5.41, 5.74) is 9.91. The second-order valence-corrected chi connectivity index (χ2v) is 4.65. The van der Waals surface area contributed by atoms with E-state index in [0.29, 0.717) is 19.4 Å². The molecule has 0 aliphatic carbocycles. The average molecular weight is 264 g/mol. The maximum absolute atomic E-state index is 11.5. The van der Waals surface area contributed by atoms with Crippen molar-refractivity contribution in [1.29, 1.82) is 0 Å². The molecule has 18 heavy (non-hydrogen) atoms. The lowest BCUT2D eigenvalue weighted by Crippen LogP contribution is -2.20. The van der Waals surface area contributed by atoms with Crippen LogP contribution in [0.25, 0.3) is 5.53 Å². The number of esters is 1. The SMILES string of the molecule is CSCCC(=[N+]=[N-])C(=O)OCCc1ccccc1. The first-order chi connectivity index (χ1) is 8.77. The Balaban J connectivity index is 2.34.